The predicted molar refractivity (Wildman–Crippen MR) is 76.3 cm³/mol. The Hall–Kier alpha value is -1.18. The van der Waals surface area contributed by atoms with E-state index in [1.165, 1.54) is 12.5 Å². The molecule has 1 aromatic carbocycles. The van der Waals surface area contributed by atoms with Crippen LogP contribution in [0.25, 0.3) is 0 Å². The van der Waals surface area contributed by atoms with E-state index in [1.54, 1.807) is 0 Å². The van der Waals surface area contributed by atoms with Crippen LogP contribution in [0.15, 0.2) is 23.1 Å². The summed E-state index contributed by atoms with van der Waals surface area (Å²) in [6, 6.07) is 3.29. The number of nitrogens with two attached hydrogens (primary N) is 1. The van der Waals surface area contributed by atoms with Crippen molar-refractivity contribution in [2.75, 3.05) is 31.9 Å². The molecule has 0 aromatic heterocycles. The van der Waals surface area contributed by atoms with Gasteiger partial charge in [0.15, 0.2) is 0 Å². The Kier molecular flexibility index (Phi) is 4.95. The van der Waals surface area contributed by atoms with Crippen molar-refractivity contribution in [3.63, 3.8) is 0 Å². The molecule has 2 rings (SSSR count). The Labute approximate surface area is 119 Å². The van der Waals surface area contributed by atoms with Crippen LogP contribution in [-0.4, -0.2) is 39.5 Å². The molecule has 1 fully saturated rings. The Bertz CT molecular complexity index is 557. The van der Waals surface area contributed by atoms with Crippen LogP contribution in [0.5, 0.6) is 0 Å². The van der Waals surface area contributed by atoms with Crippen molar-refractivity contribution in [2.45, 2.75) is 24.2 Å². The Balaban J connectivity index is 1.93. The number of hydrogen-bond donors (Lipinski definition) is 2. The maximum Gasteiger partial charge on any atom is 0.242 e. The molecule has 1 heterocycles. The van der Waals surface area contributed by atoms with Gasteiger partial charge in [0.2, 0.25) is 10.0 Å². The van der Waals surface area contributed by atoms with Gasteiger partial charge < -0.3 is 10.6 Å². The molecule has 20 heavy (non-hydrogen) atoms. The zero-order valence-corrected chi connectivity index (χ0v) is 12.1. The number of rotatable bonds is 5. The van der Waals surface area contributed by atoms with Crippen molar-refractivity contribution < 1.29 is 12.8 Å². The first-order valence-corrected chi connectivity index (χ1v) is 8.24. The van der Waals surface area contributed by atoms with E-state index in [2.05, 4.69) is 9.62 Å². The van der Waals surface area contributed by atoms with Gasteiger partial charge >= 0.3 is 0 Å². The molecule has 1 saturated heterocycles. The third-order valence-electron chi connectivity index (χ3n) is 3.43. The molecule has 0 atom stereocenters. The smallest absolute Gasteiger partial charge is 0.242 e. The first-order chi connectivity index (χ1) is 9.49. The number of nitrogens with one attached hydrogen (secondary N) is 1. The van der Waals surface area contributed by atoms with Crippen LogP contribution in [0.1, 0.15) is 19.3 Å². The summed E-state index contributed by atoms with van der Waals surface area (Å²) >= 11 is 0. The molecule has 0 bridgehead atoms. The van der Waals surface area contributed by atoms with Gasteiger partial charge in [0, 0.05) is 13.1 Å². The van der Waals surface area contributed by atoms with E-state index in [1.807, 2.05) is 0 Å². The summed E-state index contributed by atoms with van der Waals surface area (Å²) in [4.78, 5) is 2.16. The number of likely N-dealkylation sites (tertiary alicyclic amines) is 1. The average Bonchev–Trinajstić information content (AvgIpc) is 2.39. The number of nitrogen functional groups attached to an aromatic ring is 1. The lowest BCUT2D eigenvalue weighted by atomic mass is 10.1. The number of halogens is 1. The van der Waals surface area contributed by atoms with E-state index in [9.17, 15) is 12.8 Å². The number of benzene rings is 1. The summed E-state index contributed by atoms with van der Waals surface area (Å²) in [5.74, 6) is -0.547. The fraction of sp³-hybridized carbons (Fsp3) is 0.538. The Morgan fingerprint density at radius 2 is 1.95 bits per heavy atom. The molecular weight excluding hydrogens is 281 g/mol. The van der Waals surface area contributed by atoms with Gasteiger partial charge in [-0.1, -0.05) is 6.42 Å². The van der Waals surface area contributed by atoms with Crippen molar-refractivity contribution in [1.82, 2.24) is 9.62 Å². The van der Waals surface area contributed by atoms with E-state index >= 15 is 0 Å². The van der Waals surface area contributed by atoms with Crippen LogP contribution in [0.4, 0.5) is 10.1 Å². The summed E-state index contributed by atoms with van der Waals surface area (Å²) in [5.41, 5.74) is 5.48. The van der Waals surface area contributed by atoms with E-state index in [-0.39, 0.29) is 10.6 Å². The fourth-order valence-electron chi connectivity index (χ4n) is 2.36. The first kappa shape index (κ1) is 15.2. The van der Waals surface area contributed by atoms with E-state index in [0.717, 1.165) is 38.1 Å². The van der Waals surface area contributed by atoms with Crippen molar-refractivity contribution in [3.8, 4) is 0 Å². The number of anilines is 1. The highest BCUT2D eigenvalue weighted by molar-refractivity contribution is 7.89. The molecule has 5 nitrogen and oxygen atoms in total. The summed E-state index contributed by atoms with van der Waals surface area (Å²) in [5, 5.41) is 0. The lowest BCUT2D eigenvalue weighted by molar-refractivity contribution is 0.233. The molecule has 0 amide bonds. The highest BCUT2D eigenvalue weighted by Crippen LogP contribution is 2.18. The normalized spacial score (nSPS) is 17.2. The zero-order chi connectivity index (χ0) is 14.6. The van der Waals surface area contributed by atoms with Gasteiger partial charge in [-0.15, -0.1) is 0 Å². The van der Waals surface area contributed by atoms with Gasteiger partial charge in [0.25, 0.3) is 0 Å². The van der Waals surface area contributed by atoms with Gasteiger partial charge in [-0.2, -0.15) is 0 Å². The lowest BCUT2D eigenvalue weighted by Gasteiger charge is -2.26. The van der Waals surface area contributed by atoms with Gasteiger partial charge in [-0.25, -0.2) is 17.5 Å². The van der Waals surface area contributed by atoms with Gasteiger partial charge in [0.1, 0.15) is 10.7 Å². The standard InChI is InChI=1S/C13H20FN3O2S/c14-11-4-5-13(12(15)10-11)20(18,19)16-6-9-17-7-2-1-3-8-17/h4-5,10,16H,1-3,6-9,15H2. The van der Waals surface area contributed by atoms with Crippen LogP contribution in [0.3, 0.4) is 0 Å². The summed E-state index contributed by atoms with van der Waals surface area (Å²) in [6.07, 6.45) is 3.57. The molecule has 112 valence electrons. The number of sulfonamides is 1. The number of nitrogens with zero attached hydrogens (tertiary/aromatic N) is 1. The predicted octanol–water partition coefficient (Wildman–Crippen LogP) is 1.17. The van der Waals surface area contributed by atoms with Gasteiger partial charge in [-0.3, -0.25) is 0 Å². The molecule has 1 aliphatic rings. The number of hydrogen-bond acceptors (Lipinski definition) is 4. The quantitative estimate of drug-likeness (QED) is 0.801. The molecule has 0 radical (unpaired) electrons. The Morgan fingerprint density at radius 3 is 2.60 bits per heavy atom. The third kappa shape index (κ3) is 3.91. The summed E-state index contributed by atoms with van der Waals surface area (Å²) in [7, 11) is -3.68. The van der Waals surface area contributed by atoms with Crippen molar-refractivity contribution in [1.29, 1.82) is 0 Å². The molecule has 0 unspecified atom stereocenters. The van der Waals surface area contributed by atoms with Crippen LogP contribution >= 0.6 is 0 Å². The molecule has 0 aliphatic carbocycles. The van der Waals surface area contributed by atoms with E-state index in [0.29, 0.717) is 13.1 Å². The van der Waals surface area contributed by atoms with Crippen LogP contribution in [0.2, 0.25) is 0 Å². The van der Waals surface area contributed by atoms with Gasteiger partial charge in [-0.05, 0) is 44.1 Å². The van der Waals surface area contributed by atoms with Crippen LogP contribution in [-0.2, 0) is 10.0 Å². The zero-order valence-electron chi connectivity index (χ0n) is 11.3. The van der Waals surface area contributed by atoms with E-state index < -0.39 is 15.8 Å². The molecule has 3 N–H and O–H groups in total. The molecule has 7 heteroatoms. The Morgan fingerprint density at radius 1 is 1.25 bits per heavy atom. The minimum atomic E-state index is -3.68. The summed E-state index contributed by atoms with van der Waals surface area (Å²) < 4.78 is 39.6. The highest BCUT2D eigenvalue weighted by atomic mass is 32.2. The molecule has 1 aromatic rings. The topological polar surface area (TPSA) is 75.4 Å². The second-order valence-electron chi connectivity index (χ2n) is 4.98. The minimum absolute atomic E-state index is 0.0717. The number of piperidine rings is 1. The second kappa shape index (κ2) is 6.51. The van der Waals surface area contributed by atoms with Crippen molar-refractivity contribution >= 4 is 15.7 Å². The van der Waals surface area contributed by atoms with Crippen LogP contribution < -0.4 is 10.5 Å². The highest BCUT2D eigenvalue weighted by Gasteiger charge is 2.18. The van der Waals surface area contributed by atoms with Crippen LogP contribution in [0, 0.1) is 5.82 Å². The lowest BCUT2D eigenvalue weighted by Crippen LogP contribution is -2.37. The SMILES string of the molecule is Nc1cc(F)ccc1S(=O)(=O)NCCN1CCCCC1. The first-order valence-electron chi connectivity index (χ1n) is 6.76. The summed E-state index contributed by atoms with van der Waals surface area (Å²) in [6.45, 7) is 3.04. The molecular formula is C13H20FN3O2S. The van der Waals surface area contributed by atoms with Gasteiger partial charge in [0.05, 0.1) is 5.69 Å². The fourth-order valence-corrected chi connectivity index (χ4v) is 3.49. The largest absolute Gasteiger partial charge is 0.398 e. The third-order valence-corrected chi connectivity index (χ3v) is 4.97. The molecule has 0 saturated carbocycles. The average molecular weight is 301 g/mol. The van der Waals surface area contributed by atoms with E-state index in [4.69, 9.17) is 5.73 Å². The second-order valence-corrected chi connectivity index (χ2v) is 6.72. The maximum absolute atomic E-state index is 12.9. The molecule has 0 spiro atoms. The monoisotopic (exact) mass is 301 g/mol. The maximum atomic E-state index is 12.9. The van der Waals surface area contributed by atoms with Crippen molar-refractivity contribution in [2.24, 2.45) is 0 Å². The minimum Gasteiger partial charge on any atom is -0.398 e. The molecule has 1 aliphatic heterocycles. The van der Waals surface area contributed by atoms with Crippen molar-refractivity contribution in [3.05, 3.63) is 24.0 Å².